The fraction of sp³-hybridized carbons (Fsp3) is 0.375. The molecular formula is C24H24Cl2F3NO3. The molecule has 2 rings (SSSR count). The highest BCUT2D eigenvalue weighted by atomic mass is 35.5. The molecule has 0 fully saturated rings. The number of aryl methyl sites for hydroxylation is 1. The second-order valence-electron chi connectivity index (χ2n) is 8.65. The lowest BCUT2D eigenvalue weighted by atomic mass is 9.75. The fourth-order valence-electron chi connectivity index (χ4n) is 3.35. The molecule has 0 aliphatic carbocycles. The number of aliphatic imine (C=N–C) groups is 1. The van der Waals surface area contributed by atoms with Crippen LogP contribution in [0.15, 0.2) is 41.4 Å². The molecule has 4 nitrogen and oxygen atoms in total. The van der Waals surface area contributed by atoms with E-state index < -0.39 is 35.4 Å². The molecule has 0 N–H and O–H groups in total. The molecule has 0 aromatic heterocycles. The van der Waals surface area contributed by atoms with Gasteiger partial charge in [0.1, 0.15) is 11.0 Å². The van der Waals surface area contributed by atoms with Crippen LogP contribution in [0.4, 0.5) is 13.2 Å². The Kier molecular flexibility index (Phi) is 8.02. The van der Waals surface area contributed by atoms with Gasteiger partial charge in [0.15, 0.2) is 5.78 Å². The SMILES string of the molecule is CN=CC(CC(=O)c1ccc(C(=O)OC(C)(C)C)c(C)c1)(c1cc(Cl)cc(Cl)c1)C(F)(F)F. The monoisotopic (exact) mass is 501 g/mol. The Balaban J connectivity index is 2.51. The van der Waals surface area contributed by atoms with E-state index in [1.165, 1.54) is 31.3 Å². The van der Waals surface area contributed by atoms with Gasteiger partial charge in [-0.1, -0.05) is 29.3 Å². The Morgan fingerprint density at radius 3 is 2.06 bits per heavy atom. The second kappa shape index (κ2) is 9.85. The maximum absolute atomic E-state index is 14.4. The highest BCUT2D eigenvalue weighted by Gasteiger charge is 2.56. The lowest BCUT2D eigenvalue weighted by Gasteiger charge is -2.32. The number of halogens is 5. The first kappa shape index (κ1) is 26.9. The number of esters is 1. The van der Waals surface area contributed by atoms with Crippen LogP contribution >= 0.6 is 23.2 Å². The van der Waals surface area contributed by atoms with Gasteiger partial charge in [-0.3, -0.25) is 9.79 Å². The quantitative estimate of drug-likeness (QED) is 0.242. The summed E-state index contributed by atoms with van der Waals surface area (Å²) in [4.78, 5) is 29.0. The molecule has 0 heterocycles. The average Bonchev–Trinajstić information content (AvgIpc) is 2.64. The maximum atomic E-state index is 14.4. The molecule has 0 aliphatic heterocycles. The molecule has 1 atom stereocenters. The summed E-state index contributed by atoms with van der Waals surface area (Å²) >= 11 is 11.9. The van der Waals surface area contributed by atoms with Crippen molar-refractivity contribution in [2.45, 2.75) is 51.3 Å². The van der Waals surface area contributed by atoms with E-state index >= 15 is 0 Å². The molecule has 2 aromatic rings. The lowest BCUT2D eigenvalue weighted by molar-refractivity contribution is -0.167. The molecule has 0 bridgehead atoms. The van der Waals surface area contributed by atoms with Crippen molar-refractivity contribution in [2.75, 3.05) is 7.05 Å². The first-order valence-corrected chi connectivity index (χ1v) is 10.7. The highest BCUT2D eigenvalue weighted by molar-refractivity contribution is 6.34. The van der Waals surface area contributed by atoms with E-state index in [2.05, 4.69) is 4.99 Å². The molecule has 178 valence electrons. The average molecular weight is 502 g/mol. The molecule has 33 heavy (non-hydrogen) atoms. The van der Waals surface area contributed by atoms with Gasteiger partial charge in [-0.25, -0.2) is 4.79 Å². The van der Waals surface area contributed by atoms with Crippen LogP contribution in [0.25, 0.3) is 0 Å². The van der Waals surface area contributed by atoms with E-state index in [-0.39, 0.29) is 26.7 Å². The van der Waals surface area contributed by atoms with Crippen molar-refractivity contribution in [3.05, 3.63) is 68.7 Å². The Bertz CT molecular complexity index is 1070. The predicted octanol–water partition coefficient (Wildman–Crippen LogP) is 7.03. The molecule has 9 heteroatoms. The summed E-state index contributed by atoms with van der Waals surface area (Å²) in [5.41, 5.74) is -3.12. The van der Waals surface area contributed by atoms with Crippen molar-refractivity contribution in [3.63, 3.8) is 0 Å². The maximum Gasteiger partial charge on any atom is 0.403 e. The van der Waals surface area contributed by atoms with Crippen molar-refractivity contribution >= 4 is 41.2 Å². The fourth-order valence-corrected chi connectivity index (χ4v) is 3.87. The van der Waals surface area contributed by atoms with Gasteiger partial charge in [0.05, 0.1) is 5.56 Å². The van der Waals surface area contributed by atoms with Crippen LogP contribution in [0, 0.1) is 6.92 Å². The molecule has 2 aromatic carbocycles. The van der Waals surface area contributed by atoms with E-state index in [4.69, 9.17) is 27.9 Å². The number of ketones is 1. The van der Waals surface area contributed by atoms with Crippen molar-refractivity contribution in [1.29, 1.82) is 0 Å². The minimum atomic E-state index is -4.87. The molecule has 0 aliphatic rings. The van der Waals surface area contributed by atoms with Crippen molar-refractivity contribution in [1.82, 2.24) is 0 Å². The summed E-state index contributed by atoms with van der Waals surface area (Å²) in [7, 11) is 1.19. The van der Waals surface area contributed by atoms with E-state index in [1.54, 1.807) is 27.7 Å². The first-order chi connectivity index (χ1) is 15.1. The topological polar surface area (TPSA) is 55.7 Å². The molecule has 0 radical (unpaired) electrons. The number of rotatable bonds is 6. The number of alkyl halides is 3. The Hall–Kier alpha value is -2.38. The van der Waals surface area contributed by atoms with Gasteiger partial charge in [0, 0.05) is 35.3 Å². The summed E-state index contributed by atoms with van der Waals surface area (Å²) in [5.74, 6) is -1.38. The Labute approximate surface area is 200 Å². The van der Waals surface area contributed by atoms with Gasteiger partial charge in [-0.15, -0.1) is 0 Å². The van der Waals surface area contributed by atoms with Gasteiger partial charge < -0.3 is 4.74 Å². The third-order valence-corrected chi connectivity index (χ3v) is 5.28. The number of Topliss-reactive ketones (excluding diaryl/α,β-unsaturated/α-hetero) is 1. The summed E-state index contributed by atoms with van der Waals surface area (Å²) in [6, 6.07) is 7.59. The number of benzene rings is 2. The van der Waals surface area contributed by atoms with Crippen molar-refractivity contribution < 1.29 is 27.5 Å². The summed E-state index contributed by atoms with van der Waals surface area (Å²) < 4.78 is 48.5. The zero-order chi connectivity index (χ0) is 25.2. The molecule has 0 spiro atoms. The predicted molar refractivity (Wildman–Crippen MR) is 124 cm³/mol. The van der Waals surface area contributed by atoms with Crippen LogP contribution in [0.5, 0.6) is 0 Å². The minimum absolute atomic E-state index is 0.000588. The van der Waals surface area contributed by atoms with Crippen LogP contribution < -0.4 is 0 Å². The number of carbonyl (C=O) groups excluding carboxylic acids is 2. The number of ether oxygens (including phenoxy) is 1. The summed E-state index contributed by atoms with van der Waals surface area (Å²) in [6.07, 6.45) is -5.15. The molecular weight excluding hydrogens is 478 g/mol. The minimum Gasteiger partial charge on any atom is -0.456 e. The normalized spacial score (nSPS) is 14.2. The molecule has 1 unspecified atom stereocenters. The first-order valence-electron chi connectivity index (χ1n) is 9.93. The number of hydrogen-bond acceptors (Lipinski definition) is 4. The van der Waals surface area contributed by atoms with Crippen molar-refractivity contribution in [2.24, 2.45) is 4.99 Å². The van der Waals surface area contributed by atoms with E-state index in [0.717, 1.165) is 12.1 Å². The molecule has 0 saturated carbocycles. The Morgan fingerprint density at radius 2 is 1.61 bits per heavy atom. The van der Waals surface area contributed by atoms with E-state index in [1.807, 2.05) is 0 Å². The third-order valence-electron chi connectivity index (χ3n) is 4.84. The Morgan fingerprint density at radius 1 is 1.03 bits per heavy atom. The van der Waals surface area contributed by atoms with Crippen LogP contribution in [-0.4, -0.2) is 36.8 Å². The van der Waals surface area contributed by atoms with Gasteiger partial charge >= 0.3 is 12.1 Å². The van der Waals surface area contributed by atoms with Crippen LogP contribution in [-0.2, 0) is 10.2 Å². The van der Waals surface area contributed by atoms with Crippen LogP contribution in [0.1, 0.15) is 59.0 Å². The second-order valence-corrected chi connectivity index (χ2v) is 9.52. The summed E-state index contributed by atoms with van der Waals surface area (Å²) in [5, 5.41) is 0.00118. The van der Waals surface area contributed by atoms with Crippen LogP contribution in [0.3, 0.4) is 0 Å². The van der Waals surface area contributed by atoms with Gasteiger partial charge in [-0.05, 0) is 69.2 Å². The molecule has 0 amide bonds. The van der Waals surface area contributed by atoms with E-state index in [9.17, 15) is 22.8 Å². The lowest BCUT2D eigenvalue weighted by Crippen LogP contribution is -2.45. The largest absolute Gasteiger partial charge is 0.456 e. The highest BCUT2D eigenvalue weighted by Crippen LogP contribution is 2.45. The van der Waals surface area contributed by atoms with E-state index in [0.29, 0.717) is 11.8 Å². The number of nitrogens with zero attached hydrogens (tertiary/aromatic N) is 1. The standard InChI is InChI=1S/C24H24Cl2F3NO3/c1-14-8-15(6-7-19(14)21(32)33-22(2,3)4)20(31)12-23(13-30-5,24(27,28)29)16-9-17(25)11-18(26)10-16/h6-11,13H,12H2,1-5H3. The van der Waals surface area contributed by atoms with Crippen molar-refractivity contribution in [3.8, 4) is 0 Å². The number of carbonyl (C=O) groups is 2. The summed E-state index contributed by atoms with van der Waals surface area (Å²) in [6.45, 7) is 6.72. The van der Waals surface area contributed by atoms with Crippen LogP contribution in [0.2, 0.25) is 10.0 Å². The third kappa shape index (κ3) is 6.36. The van der Waals surface area contributed by atoms with Gasteiger partial charge in [0.2, 0.25) is 0 Å². The smallest absolute Gasteiger partial charge is 0.403 e. The molecule has 0 saturated heterocycles. The zero-order valence-electron chi connectivity index (χ0n) is 18.8. The zero-order valence-corrected chi connectivity index (χ0v) is 20.3. The van der Waals surface area contributed by atoms with Gasteiger partial charge in [-0.2, -0.15) is 13.2 Å². The number of hydrogen-bond donors (Lipinski definition) is 0. The van der Waals surface area contributed by atoms with Gasteiger partial charge in [0.25, 0.3) is 0 Å².